The number of rotatable bonds is 7. The van der Waals surface area contributed by atoms with E-state index in [0.717, 1.165) is 12.1 Å². The molecule has 0 aliphatic heterocycles. The second-order valence-corrected chi connectivity index (χ2v) is 5.28. The van der Waals surface area contributed by atoms with Gasteiger partial charge in [0.05, 0.1) is 19.0 Å². The maximum atomic E-state index is 12.2. The highest BCUT2D eigenvalue weighted by Gasteiger charge is 2.21. The standard InChI is InChI=1S/C17H21N3O4/c1-4-12(2)18-15(21)11-24-17(22)16-14(23-3)10-20(19-16)13-8-6-5-7-9-13/h5-10,12H,4,11H2,1-3H3,(H,18,21)/t12-/m1/s1. The minimum Gasteiger partial charge on any atom is -0.493 e. The molecule has 0 saturated heterocycles. The third-order valence-corrected chi connectivity index (χ3v) is 3.47. The molecule has 0 unspecified atom stereocenters. The van der Waals surface area contributed by atoms with Gasteiger partial charge in [0.1, 0.15) is 0 Å². The fourth-order valence-corrected chi connectivity index (χ4v) is 1.98. The molecule has 2 rings (SSSR count). The number of nitrogens with zero attached hydrogens (tertiary/aromatic N) is 2. The summed E-state index contributed by atoms with van der Waals surface area (Å²) in [6.07, 6.45) is 2.39. The normalized spacial score (nSPS) is 11.6. The van der Waals surface area contributed by atoms with Crippen LogP contribution in [0.4, 0.5) is 0 Å². The van der Waals surface area contributed by atoms with Crippen molar-refractivity contribution in [2.45, 2.75) is 26.3 Å². The Morgan fingerprint density at radius 3 is 2.62 bits per heavy atom. The summed E-state index contributed by atoms with van der Waals surface area (Å²) in [6, 6.07) is 9.34. The Labute approximate surface area is 140 Å². The van der Waals surface area contributed by atoms with Crippen LogP contribution in [0, 0.1) is 0 Å². The number of benzene rings is 1. The zero-order valence-electron chi connectivity index (χ0n) is 14.0. The predicted octanol–water partition coefficient (Wildman–Crippen LogP) is 1.95. The van der Waals surface area contributed by atoms with E-state index in [1.165, 1.54) is 11.8 Å². The fourth-order valence-electron chi connectivity index (χ4n) is 1.98. The molecule has 7 heteroatoms. The van der Waals surface area contributed by atoms with E-state index in [9.17, 15) is 9.59 Å². The number of carbonyl (C=O) groups excluding carboxylic acids is 2. The average Bonchev–Trinajstić information content (AvgIpc) is 3.04. The average molecular weight is 331 g/mol. The van der Waals surface area contributed by atoms with Gasteiger partial charge in [-0.2, -0.15) is 5.10 Å². The van der Waals surface area contributed by atoms with Crippen LogP contribution >= 0.6 is 0 Å². The second-order valence-electron chi connectivity index (χ2n) is 5.28. The number of methoxy groups -OCH3 is 1. The summed E-state index contributed by atoms with van der Waals surface area (Å²) in [5.74, 6) is -0.772. The number of para-hydroxylation sites is 1. The van der Waals surface area contributed by atoms with Crippen LogP contribution in [0.5, 0.6) is 5.75 Å². The van der Waals surface area contributed by atoms with Crippen molar-refractivity contribution in [1.82, 2.24) is 15.1 Å². The Kier molecular flexibility index (Phi) is 5.95. The van der Waals surface area contributed by atoms with Crippen LogP contribution in [0.2, 0.25) is 0 Å². The first kappa shape index (κ1) is 17.5. The lowest BCUT2D eigenvalue weighted by molar-refractivity contribution is -0.124. The molecule has 128 valence electrons. The monoisotopic (exact) mass is 331 g/mol. The molecule has 1 aromatic carbocycles. The number of aromatic nitrogens is 2. The van der Waals surface area contributed by atoms with E-state index in [-0.39, 0.29) is 30.0 Å². The van der Waals surface area contributed by atoms with E-state index >= 15 is 0 Å². The lowest BCUT2D eigenvalue weighted by atomic mass is 10.2. The van der Waals surface area contributed by atoms with Crippen LogP contribution in [0.25, 0.3) is 5.69 Å². The van der Waals surface area contributed by atoms with Crippen molar-refractivity contribution in [2.24, 2.45) is 0 Å². The maximum absolute atomic E-state index is 12.2. The van der Waals surface area contributed by atoms with Gasteiger partial charge in [0.25, 0.3) is 5.91 Å². The minimum absolute atomic E-state index is 0.0256. The zero-order valence-corrected chi connectivity index (χ0v) is 14.0. The molecule has 1 atom stereocenters. The van der Waals surface area contributed by atoms with Crippen molar-refractivity contribution in [2.75, 3.05) is 13.7 Å². The van der Waals surface area contributed by atoms with Crippen LogP contribution in [0.15, 0.2) is 36.5 Å². The summed E-state index contributed by atoms with van der Waals surface area (Å²) in [7, 11) is 1.44. The van der Waals surface area contributed by atoms with Crippen molar-refractivity contribution in [3.63, 3.8) is 0 Å². The van der Waals surface area contributed by atoms with Crippen molar-refractivity contribution >= 4 is 11.9 Å². The molecule has 24 heavy (non-hydrogen) atoms. The summed E-state index contributed by atoms with van der Waals surface area (Å²) in [5, 5.41) is 6.91. The van der Waals surface area contributed by atoms with Crippen LogP contribution < -0.4 is 10.1 Å². The molecule has 0 aliphatic carbocycles. The summed E-state index contributed by atoms with van der Waals surface area (Å²) in [6.45, 7) is 3.48. The lowest BCUT2D eigenvalue weighted by Gasteiger charge is -2.11. The van der Waals surface area contributed by atoms with Gasteiger partial charge in [0.2, 0.25) is 5.69 Å². The van der Waals surface area contributed by atoms with Gasteiger partial charge in [-0.3, -0.25) is 4.79 Å². The van der Waals surface area contributed by atoms with Gasteiger partial charge in [-0.15, -0.1) is 0 Å². The number of nitrogens with one attached hydrogen (secondary N) is 1. The second kappa shape index (κ2) is 8.14. The summed E-state index contributed by atoms with van der Waals surface area (Å²) >= 11 is 0. The Bertz CT molecular complexity index is 697. The molecule has 0 spiro atoms. The number of hydrogen-bond donors (Lipinski definition) is 1. The number of amides is 1. The Hall–Kier alpha value is -2.83. The van der Waals surface area contributed by atoms with Crippen molar-refractivity contribution in [1.29, 1.82) is 0 Å². The van der Waals surface area contributed by atoms with Crippen molar-refractivity contribution < 1.29 is 19.1 Å². The molecule has 0 radical (unpaired) electrons. The molecule has 1 aromatic heterocycles. The van der Waals surface area contributed by atoms with Crippen LogP contribution in [-0.4, -0.2) is 41.4 Å². The highest BCUT2D eigenvalue weighted by Crippen LogP contribution is 2.20. The molecule has 7 nitrogen and oxygen atoms in total. The van der Waals surface area contributed by atoms with E-state index < -0.39 is 5.97 Å². The molecule has 0 fully saturated rings. The van der Waals surface area contributed by atoms with Crippen LogP contribution in [0.3, 0.4) is 0 Å². The fraction of sp³-hybridized carbons (Fsp3) is 0.353. The first-order valence-corrected chi connectivity index (χ1v) is 7.70. The third-order valence-electron chi connectivity index (χ3n) is 3.47. The summed E-state index contributed by atoms with van der Waals surface area (Å²) in [5.41, 5.74) is 0.807. The lowest BCUT2D eigenvalue weighted by Crippen LogP contribution is -2.35. The van der Waals surface area contributed by atoms with Crippen LogP contribution in [0.1, 0.15) is 30.8 Å². The number of carbonyl (C=O) groups is 2. The highest BCUT2D eigenvalue weighted by molar-refractivity contribution is 5.92. The molecule has 0 saturated carbocycles. The van der Waals surface area contributed by atoms with Gasteiger partial charge in [0.15, 0.2) is 12.4 Å². The molecule has 0 aliphatic rings. The first-order valence-electron chi connectivity index (χ1n) is 7.70. The Morgan fingerprint density at radius 2 is 2.00 bits per heavy atom. The third kappa shape index (κ3) is 4.34. The molecule has 1 N–H and O–H groups in total. The van der Waals surface area contributed by atoms with Gasteiger partial charge >= 0.3 is 5.97 Å². The van der Waals surface area contributed by atoms with E-state index in [0.29, 0.717) is 0 Å². The van der Waals surface area contributed by atoms with E-state index in [2.05, 4.69) is 10.4 Å². The molecular formula is C17H21N3O4. The summed E-state index contributed by atoms with van der Waals surface area (Å²) in [4.78, 5) is 23.9. The SMILES string of the molecule is CC[C@@H](C)NC(=O)COC(=O)c1nn(-c2ccccc2)cc1OC. The zero-order chi connectivity index (χ0) is 17.5. The Morgan fingerprint density at radius 1 is 1.29 bits per heavy atom. The van der Waals surface area contributed by atoms with E-state index in [1.54, 1.807) is 6.20 Å². The van der Waals surface area contributed by atoms with Gasteiger partial charge in [-0.05, 0) is 25.5 Å². The highest BCUT2D eigenvalue weighted by atomic mass is 16.5. The smallest absolute Gasteiger partial charge is 0.363 e. The predicted molar refractivity (Wildman–Crippen MR) is 88.3 cm³/mol. The minimum atomic E-state index is -0.708. The van der Waals surface area contributed by atoms with Crippen LogP contribution in [-0.2, 0) is 9.53 Å². The van der Waals surface area contributed by atoms with Gasteiger partial charge in [-0.25, -0.2) is 9.48 Å². The molecule has 2 aromatic rings. The van der Waals surface area contributed by atoms with Crippen molar-refractivity contribution in [3.8, 4) is 11.4 Å². The largest absolute Gasteiger partial charge is 0.493 e. The quantitative estimate of drug-likeness (QED) is 0.784. The number of hydrogen-bond acceptors (Lipinski definition) is 5. The number of esters is 1. The van der Waals surface area contributed by atoms with E-state index in [4.69, 9.17) is 9.47 Å². The number of ether oxygens (including phenoxy) is 2. The van der Waals surface area contributed by atoms with Gasteiger partial charge in [-0.1, -0.05) is 25.1 Å². The first-order chi connectivity index (χ1) is 11.5. The molecular weight excluding hydrogens is 310 g/mol. The van der Waals surface area contributed by atoms with Gasteiger partial charge in [0, 0.05) is 6.04 Å². The van der Waals surface area contributed by atoms with E-state index in [1.807, 2.05) is 44.2 Å². The molecule has 0 bridgehead atoms. The maximum Gasteiger partial charge on any atom is 0.363 e. The Balaban J connectivity index is 2.06. The molecule has 1 heterocycles. The van der Waals surface area contributed by atoms with Crippen molar-refractivity contribution in [3.05, 3.63) is 42.2 Å². The molecule has 1 amide bonds. The summed E-state index contributed by atoms with van der Waals surface area (Å²) < 4.78 is 11.7. The van der Waals surface area contributed by atoms with Gasteiger partial charge < -0.3 is 14.8 Å². The topological polar surface area (TPSA) is 82.5 Å².